The standard InChI is InChI=1S/C23H27N5O4S/c1-17-4-6-20(7-5-17)33(30,31)25-15-18-3-2-14-28(16-18)22(29)9-8-21-26-23(27-32-21)19-10-12-24-13-11-19/h4-7,10-13,18,25H,2-3,8-9,14-16H2,1H3. The Morgan fingerprint density at radius 3 is 2.70 bits per heavy atom. The van der Waals surface area contributed by atoms with Crippen LogP contribution in [0.5, 0.6) is 0 Å². The number of hydrogen-bond donors (Lipinski definition) is 1. The Morgan fingerprint density at radius 2 is 1.94 bits per heavy atom. The number of aryl methyl sites for hydroxylation is 2. The van der Waals surface area contributed by atoms with E-state index >= 15 is 0 Å². The molecule has 33 heavy (non-hydrogen) atoms. The van der Waals surface area contributed by atoms with Crippen LogP contribution in [0.2, 0.25) is 0 Å². The molecule has 10 heteroatoms. The fourth-order valence-corrected chi connectivity index (χ4v) is 4.95. The molecule has 0 aliphatic carbocycles. The molecule has 4 rings (SSSR count). The molecule has 0 radical (unpaired) electrons. The van der Waals surface area contributed by atoms with Crippen molar-refractivity contribution >= 4 is 15.9 Å². The summed E-state index contributed by atoms with van der Waals surface area (Å²) in [5, 5.41) is 3.96. The lowest BCUT2D eigenvalue weighted by Crippen LogP contribution is -2.43. The van der Waals surface area contributed by atoms with Crippen molar-refractivity contribution in [3.8, 4) is 11.4 Å². The average Bonchev–Trinajstić information content (AvgIpc) is 3.31. The fourth-order valence-electron chi connectivity index (χ4n) is 3.83. The summed E-state index contributed by atoms with van der Waals surface area (Å²) in [6.45, 7) is 3.42. The number of nitrogens with one attached hydrogen (secondary N) is 1. The molecule has 1 atom stereocenters. The molecular weight excluding hydrogens is 442 g/mol. The van der Waals surface area contributed by atoms with Crippen LogP contribution in [0.15, 0.2) is 58.2 Å². The van der Waals surface area contributed by atoms with Crippen molar-refractivity contribution in [3.05, 3.63) is 60.2 Å². The maximum Gasteiger partial charge on any atom is 0.240 e. The van der Waals surface area contributed by atoms with E-state index in [9.17, 15) is 13.2 Å². The summed E-state index contributed by atoms with van der Waals surface area (Å²) in [6, 6.07) is 10.3. The highest BCUT2D eigenvalue weighted by atomic mass is 32.2. The van der Waals surface area contributed by atoms with E-state index in [0.29, 0.717) is 37.8 Å². The fraction of sp³-hybridized carbons (Fsp3) is 0.391. The third kappa shape index (κ3) is 6.02. The highest BCUT2D eigenvalue weighted by molar-refractivity contribution is 7.89. The van der Waals surface area contributed by atoms with Gasteiger partial charge in [0.1, 0.15) is 0 Å². The summed E-state index contributed by atoms with van der Waals surface area (Å²) in [5.41, 5.74) is 1.81. The molecule has 1 amide bonds. The van der Waals surface area contributed by atoms with Gasteiger partial charge in [-0.1, -0.05) is 22.9 Å². The zero-order chi connectivity index (χ0) is 23.3. The van der Waals surface area contributed by atoms with Crippen LogP contribution < -0.4 is 4.72 Å². The summed E-state index contributed by atoms with van der Waals surface area (Å²) in [6.07, 6.45) is 5.65. The first-order chi connectivity index (χ1) is 15.9. The van der Waals surface area contributed by atoms with Crippen LogP contribution in [0.1, 0.15) is 30.7 Å². The molecule has 1 saturated heterocycles. The van der Waals surface area contributed by atoms with Gasteiger partial charge in [-0.3, -0.25) is 9.78 Å². The number of sulfonamides is 1. The van der Waals surface area contributed by atoms with Gasteiger partial charge in [-0.05, 0) is 49.9 Å². The van der Waals surface area contributed by atoms with Crippen molar-refractivity contribution in [1.82, 2.24) is 24.7 Å². The van der Waals surface area contributed by atoms with E-state index in [1.807, 2.05) is 6.92 Å². The molecule has 1 aliphatic rings. The number of nitrogens with zero attached hydrogens (tertiary/aromatic N) is 4. The zero-order valence-corrected chi connectivity index (χ0v) is 19.3. The maximum absolute atomic E-state index is 12.7. The minimum absolute atomic E-state index is 0.00440. The zero-order valence-electron chi connectivity index (χ0n) is 18.5. The summed E-state index contributed by atoms with van der Waals surface area (Å²) in [7, 11) is -3.57. The van der Waals surface area contributed by atoms with Crippen LogP contribution >= 0.6 is 0 Å². The van der Waals surface area contributed by atoms with Gasteiger partial charge in [-0.25, -0.2) is 13.1 Å². The highest BCUT2D eigenvalue weighted by Gasteiger charge is 2.25. The summed E-state index contributed by atoms with van der Waals surface area (Å²) in [4.78, 5) is 23.1. The van der Waals surface area contributed by atoms with E-state index in [-0.39, 0.29) is 23.1 Å². The molecule has 2 aromatic heterocycles. The quantitative estimate of drug-likeness (QED) is 0.539. The van der Waals surface area contributed by atoms with Gasteiger partial charge in [0.05, 0.1) is 4.90 Å². The van der Waals surface area contributed by atoms with E-state index in [1.165, 1.54) is 0 Å². The Balaban J connectivity index is 1.27. The number of benzene rings is 1. The van der Waals surface area contributed by atoms with Crippen molar-refractivity contribution in [3.63, 3.8) is 0 Å². The second-order valence-corrected chi connectivity index (χ2v) is 10.0. The molecule has 0 spiro atoms. The molecule has 1 N–H and O–H groups in total. The smallest absolute Gasteiger partial charge is 0.240 e. The number of carbonyl (C=O) groups excluding carboxylic acids is 1. The lowest BCUT2D eigenvalue weighted by atomic mass is 9.98. The van der Waals surface area contributed by atoms with Crippen molar-refractivity contribution in [2.75, 3.05) is 19.6 Å². The molecule has 3 aromatic rings. The summed E-state index contributed by atoms with van der Waals surface area (Å²) in [5.74, 6) is 0.961. The molecule has 174 valence electrons. The Kier molecular flexibility index (Phi) is 7.14. The molecular formula is C23H27N5O4S. The van der Waals surface area contributed by atoms with Crippen molar-refractivity contribution in [2.24, 2.45) is 5.92 Å². The number of carbonyl (C=O) groups is 1. The number of aromatic nitrogens is 3. The van der Waals surface area contributed by atoms with E-state index in [1.54, 1.807) is 53.7 Å². The average molecular weight is 470 g/mol. The largest absolute Gasteiger partial charge is 0.342 e. The van der Waals surface area contributed by atoms with Crippen molar-refractivity contribution < 1.29 is 17.7 Å². The van der Waals surface area contributed by atoms with Crippen LogP contribution in [-0.2, 0) is 21.2 Å². The van der Waals surface area contributed by atoms with Crippen LogP contribution in [0.3, 0.4) is 0 Å². The predicted octanol–water partition coefficient (Wildman–Crippen LogP) is 2.59. The third-order valence-corrected chi connectivity index (χ3v) is 7.16. The number of hydrogen-bond acceptors (Lipinski definition) is 7. The molecule has 1 fully saturated rings. The van der Waals surface area contributed by atoms with E-state index < -0.39 is 10.0 Å². The second-order valence-electron chi connectivity index (χ2n) is 8.26. The first kappa shape index (κ1) is 23.1. The van der Waals surface area contributed by atoms with E-state index in [2.05, 4.69) is 19.8 Å². The van der Waals surface area contributed by atoms with Gasteiger partial charge in [-0.15, -0.1) is 0 Å². The number of pyridine rings is 1. The van der Waals surface area contributed by atoms with Crippen molar-refractivity contribution in [2.45, 2.75) is 37.5 Å². The number of likely N-dealkylation sites (tertiary alicyclic amines) is 1. The SMILES string of the molecule is Cc1ccc(S(=O)(=O)NCC2CCCN(C(=O)CCc3nc(-c4ccncc4)no3)C2)cc1. The normalized spacial score (nSPS) is 16.6. The van der Waals surface area contributed by atoms with Gasteiger partial charge in [-0.2, -0.15) is 4.98 Å². The lowest BCUT2D eigenvalue weighted by Gasteiger charge is -2.33. The van der Waals surface area contributed by atoms with Gasteiger partial charge in [0.15, 0.2) is 0 Å². The van der Waals surface area contributed by atoms with Gasteiger partial charge < -0.3 is 9.42 Å². The number of rotatable bonds is 8. The lowest BCUT2D eigenvalue weighted by molar-refractivity contribution is -0.133. The van der Waals surface area contributed by atoms with E-state index in [4.69, 9.17) is 4.52 Å². The Bertz CT molecular complexity index is 1180. The van der Waals surface area contributed by atoms with Gasteiger partial charge in [0, 0.05) is 50.4 Å². The summed E-state index contributed by atoms with van der Waals surface area (Å²) >= 11 is 0. The second kappa shape index (κ2) is 10.2. The molecule has 1 aromatic carbocycles. The minimum atomic E-state index is -3.57. The van der Waals surface area contributed by atoms with Crippen LogP contribution in [0, 0.1) is 12.8 Å². The van der Waals surface area contributed by atoms with Crippen LogP contribution in [0.4, 0.5) is 0 Å². The van der Waals surface area contributed by atoms with Crippen LogP contribution in [0.25, 0.3) is 11.4 Å². The minimum Gasteiger partial charge on any atom is -0.342 e. The molecule has 0 bridgehead atoms. The van der Waals surface area contributed by atoms with Gasteiger partial charge >= 0.3 is 0 Å². The highest BCUT2D eigenvalue weighted by Crippen LogP contribution is 2.19. The summed E-state index contributed by atoms with van der Waals surface area (Å²) < 4.78 is 33.1. The molecule has 3 heterocycles. The predicted molar refractivity (Wildman–Crippen MR) is 122 cm³/mol. The molecule has 9 nitrogen and oxygen atoms in total. The maximum atomic E-state index is 12.7. The van der Waals surface area contributed by atoms with E-state index in [0.717, 1.165) is 24.0 Å². The Hall–Kier alpha value is -3.11. The molecule has 1 unspecified atom stereocenters. The third-order valence-electron chi connectivity index (χ3n) is 5.72. The topological polar surface area (TPSA) is 118 Å². The molecule has 1 aliphatic heterocycles. The number of amides is 1. The Morgan fingerprint density at radius 1 is 1.18 bits per heavy atom. The first-order valence-corrected chi connectivity index (χ1v) is 12.5. The van der Waals surface area contributed by atoms with Gasteiger partial charge in [0.25, 0.3) is 0 Å². The number of piperidine rings is 1. The van der Waals surface area contributed by atoms with Gasteiger partial charge in [0.2, 0.25) is 27.6 Å². The van der Waals surface area contributed by atoms with Crippen molar-refractivity contribution in [1.29, 1.82) is 0 Å². The monoisotopic (exact) mass is 469 g/mol. The Labute approximate surface area is 193 Å². The van der Waals surface area contributed by atoms with Crippen LogP contribution in [-0.4, -0.2) is 54.0 Å². The molecule has 0 saturated carbocycles. The first-order valence-electron chi connectivity index (χ1n) is 11.0.